The van der Waals surface area contributed by atoms with Crippen LogP contribution < -0.4 is 0 Å². The molecule has 0 N–H and O–H groups in total. The summed E-state index contributed by atoms with van der Waals surface area (Å²) >= 11 is 0. The summed E-state index contributed by atoms with van der Waals surface area (Å²) in [6, 6.07) is 11.4. The van der Waals surface area contributed by atoms with Crippen LogP contribution in [0.2, 0.25) is 25.7 Å². The van der Waals surface area contributed by atoms with E-state index < -0.39 is 8.07 Å². The molecule has 0 spiro atoms. The zero-order valence-electron chi connectivity index (χ0n) is 9.29. The van der Waals surface area contributed by atoms with Gasteiger partial charge in [-0.25, -0.2) is 0 Å². The topological polar surface area (TPSA) is 9.23 Å². The van der Waals surface area contributed by atoms with Gasteiger partial charge in [-0.3, -0.25) is 0 Å². The summed E-state index contributed by atoms with van der Waals surface area (Å²) < 4.78 is 5.51. The molecule has 1 radical (unpaired) electrons. The lowest BCUT2D eigenvalue weighted by Gasteiger charge is -2.14. The van der Waals surface area contributed by atoms with E-state index in [1.165, 1.54) is 6.04 Å². The highest BCUT2D eigenvalue weighted by atomic mass is 28.3. The zero-order valence-corrected chi connectivity index (χ0v) is 10.3. The van der Waals surface area contributed by atoms with E-state index in [1.807, 2.05) is 24.8 Å². The first kappa shape index (κ1) is 11.5. The van der Waals surface area contributed by atoms with Crippen LogP contribution in [0.15, 0.2) is 30.3 Å². The summed E-state index contributed by atoms with van der Waals surface area (Å²) in [5, 5.41) is 0. The van der Waals surface area contributed by atoms with Crippen molar-refractivity contribution in [2.75, 3.05) is 6.61 Å². The summed E-state index contributed by atoms with van der Waals surface area (Å²) in [4.78, 5) is 0. The molecule has 0 aliphatic carbocycles. The fourth-order valence-corrected chi connectivity index (χ4v) is 1.78. The Morgan fingerprint density at radius 2 is 1.79 bits per heavy atom. The zero-order chi connectivity index (χ0) is 10.4. The molecule has 0 unspecified atom stereocenters. The predicted octanol–water partition coefficient (Wildman–Crippen LogP) is 3.55. The van der Waals surface area contributed by atoms with Crippen molar-refractivity contribution in [3.8, 4) is 0 Å². The summed E-state index contributed by atoms with van der Waals surface area (Å²) in [7, 11) is -0.940. The van der Waals surface area contributed by atoms with Gasteiger partial charge in [0, 0.05) is 14.7 Å². The van der Waals surface area contributed by atoms with Gasteiger partial charge in [-0.2, -0.15) is 0 Å². The van der Waals surface area contributed by atoms with Crippen LogP contribution in [0, 0.1) is 6.61 Å². The highest BCUT2D eigenvalue weighted by Gasteiger charge is 2.11. The molecule has 1 aromatic carbocycles. The van der Waals surface area contributed by atoms with Gasteiger partial charge >= 0.3 is 0 Å². The van der Waals surface area contributed by atoms with Crippen molar-refractivity contribution >= 4 is 8.07 Å². The lowest BCUT2D eigenvalue weighted by Crippen LogP contribution is -2.21. The van der Waals surface area contributed by atoms with Crippen molar-refractivity contribution < 1.29 is 4.74 Å². The van der Waals surface area contributed by atoms with E-state index in [4.69, 9.17) is 4.74 Å². The Kier molecular flexibility index (Phi) is 4.36. The van der Waals surface area contributed by atoms with E-state index >= 15 is 0 Å². The van der Waals surface area contributed by atoms with Gasteiger partial charge in [-0.1, -0.05) is 50.0 Å². The molecule has 14 heavy (non-hydrogen) atoms. The molecule has 0 amide bonds. The second-order valence-corrected chi connectivity index (χ2v) is 10.3. The average molecular weight is 207 g/mol. The molecular weight excluding hydrogens is 188 g/mol. The highest BCUT2D eigenvalue weighted by Crippen LogP contribution is 2.09. The van der Waals surface area contributed by atoms with E-state index in [0.29, 0.717) is 0 Å². The molecule has 0 atom stereocenters. The maximum atomic E-state index is 5.51. The van der Waals surface area contributed by atoms with Gasteiger partial charge in [0.1, 0.15) is 6.61 Å². The van der Waals surface area contributed by atoms with Gasteiger partial charge in [0.05, 0.1) is 0 Å². The van der Waals surface area contributed by atoms with Crippen LogP contribution in [0.5, 0.6) is 0 Å². The molecular formula is C12H19OSi. The molecule has 0 aromatic heterocycles. The quantitative estimate of drug-likeness (QED) is 0.530. The predicted molar refractivity (Wildman–Crippen MR) is 63.9 cm³/mol. The fourth-order valence-electron chi connectivity index (χ4n) is 1.05. The maximum Gasteiger partial charge on any atom is 0.113 e. The fraction of sp³-hybridized carbons (Fsp3) is 0.417. The molecule has 0 saturated heterocycles. The first-order chi connectivity index (χ1) is 6.58. The van der Waals surface area contributed by atoms with E-state index in [2.05, 4.69) is 31.8 Å². The van der Waals surface area contributed by atoms with Gasteiger partial charge in [0.15, 0.2) is 0 Å². The molecule has 0 fully saturated rings. The lowest BCUT2D eigenvalue weighted by atomic mass is 10.2. The monoisotopic (exact) mass is 207 g/mol. The molecule has 0 heterocycles. The number of rotatable bonds is 5. The van der Waals surface area contributed by atoms with E-state index in [1.54, 1.807) is 0 Å². The van der Waals surface area contributed by atoms with Gasteiger partial charge in [-0.05, 0) is 11.6 Å². The van der Waals surface area contributed by atoms with Crippen molar-refractivity contribution in [2.24, 2.45) is 0 Å². The Hall–Kier alpha value is -0.603. The Morgan fingerprint density at radius 3 is 2.36 bits per heavy atom. The van der Waals surface area contributed by atoms with Crippen LogP contribution in [0.3, 0.4) is 0 Å². The molecule has 77 valence electrons. The van der Waals surface area contributed by atoms with Crippen LogP contribution >= 0.6 is 0 Å². The molecule has 0 bridgehead atoms. The highest BCUT2D eigenvalue weighted by molar-refractivity contribution is 6.76. The summed E-state index contributed by atoms with van der Waals surface area (Å²) in [6.45, 7) is 9.78. The summed E-state index contributed by atoms with van der Waals surface area (Å²) in [5.74, 6) is 0. The Morgan fingerprint density at radius 1 is 1.14 bits per heavy atom. The SMILES string of the molecule is C[Si](C)(C)CCO[CH]c1ccccc1. The maximum absolute atomic E-state index is 5.51. The van der Waals surface area contributed by atoms with Crippen LogP contribution in [-0.4, -0.2) is 14.7 Å². The van der Waals surface area contributed by atoms with Crippen molar-refractivity contribution in [1.82, 2.24) is 0 Å². The smallest absolute Gasteiger partial charge is 0.113 e. The summed E-state index contributed by atoms with van der Waals surface area (Å²) in [5.41, 5.74) is 1.14. The third kappa shape index (κ3) is 5.20. The van der Waals surface area contributed by atoms with Crippen LogP contribution in [0.1, 0.15) is 5.56 Å². The van der Waals surface area contributed by atoms with E-state index in [-0.39, 0.29) is 0 Å². The van der Waals surface area contributed by atoms with Gasteiger partial charge in [0.25, 0.3) is 0 Å². The summed E-state index contributed by atoms with van der Waals surface area (Å²) in [6.07, 6.45) is 0. The third-order valence-corrected chi connectivity index (χ3v) is 3.69. The molecule has 0 aliphatic rings. The minimum Gasteiger partial charge on any atom is -0.371 e. The Bertz CT molecular complexity index is 251. The van der Waals surface area contributed by atoms with Crippen LogP contribution in [-0.2, 0) is 4.74 Å². The van der Waals surface area contributed by atoms with E-state index in [9.17, 15) is 0 Å². The van der Waals surface area contributed by atoms with Crippen LogP contribution in [0.4, 0.5) is 0 Å². The molecule has 0 saturated carbocycles. The second kappa shape index (κ2) is 5.32. The minimum absolute atomic E-state index is 0.852. The molecule has 2 heteroatoms. The molecule has 0 aliphatic heterocycles. The number of benzene rings is 1. The average Bonchev–Trinajstić information content (AvgIpc) is 2.13. The first-order valence-corrected chi connectivity index (χ1v) is 8.78. The number of hydrogen-bond acceptors (Lipinski definition) is 1. The Balaban J connectivity index is 2.17. The van der Waals surface area contributed by atoms with Gasteiger partial charge < -0.3 is 4.74 Å². The molecule has 1 rings (SSSR count). The van der Waals surface area contributed by atoms with Gasteiger partial charge in [0.2, 0.25) is 0 Å². The van der Waals surface area contributed by atoms with Crippen molar-refractivity contribution in [3.63, 3.8) is 0 Å². The van der Waals surface area contributed by atoms with Gasteiger partial charge in [-0.15, -0.1) is 0 Å². The van der Waals surface area contributed by atoms with Crippen molar-refractivity contribution in [1.29, 1.82) is 0 Å². The largest absolute Gasteiger partial charge is 0.371 e. The molecule has 1 aromatic rings. The standard InChI is InChI=1S/C12H19OSi/c1-14(2,3)10-9-13-11-12-7-5-4-6-8-12/h4-8,11H,9-10H2,1-3H3. The lowest BCUT2D eigenvalue weighted by molar-refractivity contribution is 0.228. The minimum atomic E-state index is -0.940. The third-order valence-electron chi connectivity index (χ3n) is 1.99. The second-order valence-electron chi connectivity index (χ2n) is 4.71. The van der Waals surface area contributed by atoms with Crippen molar-refractivity contribution in [3.05, 3.63) is 42.5 Å². The number of ether oxygens (including phenoxy) is 1. The van der Waals surface area contributed by atoms with Crippen molar-refractivity contribution in [2.45, 2.75) is 25.7 Å². The first-order valence-electron chi connectivity index (χ1n) is 5.08. The van der Waals surface area contributed by atoms with E-state index in [0.717, 1.165) is 12.2 Å². The number of hydrogen-bond donors (Lipinski definition) is 0. The Labute approximate surface area is 88.1 Å². The normalized spacial score (nSPS) is 11.6. The molecule has 1 nitrogen and oxygen atoms in total. The van der Waals surface area contributed by atoms with Crippen LogP contribution in [0.25, 0.3) is 0 Å².